The van der Waals surface area contributed by atoms with Gasteiger partial charge in [0.05, 0.1) is 27.2 Å². The largest absolute Gasteiger partial charge is 0.481 e. The molecule has 0 saturated carbocycles. The molecule has 1 unspecified atom stereocenters. The van der Waals surface area contributed by atoms with E-state index < -0.39 is 22.0 Å². The first kappa shape index (κ1) is 27.9. The van der Waals surface area contributed by atoms with Gasteiger partial charge in [-0.05, 0) is 61.7 Å². The second-order valence-corrected chi connectivity index (χ2v) is 13.0. The van der Waals surface area contributed by atoms with Gasteiger partial charge in [-0.2, -0.15) is 23.5 Å². The van der Waals surface area contributed by atoms with Crippen LogP contribution in [0, 0.1) is 0 Å². The number of aliphatic carboxylic acids is 1. The Hall–Kier alpha value is 0.870. The van der Waals surface area contributed by atoms with Gasteiger partial charge in [-0.1, -0.05) is 14.3 Å². The van der Waals surface area contributed by atoms with E-state index in [-0.39, 0.29) is 25.5 Å². The lowest BCUT2D eigenvalue weighted by atomic mass is 10.1. The van der Waals surface area contributed by atoms with Gasteiger partial charge >= 0.3 is 5.97 Å². The van der Waals surface area contributed by atoms with E-state index in [1.807, 2.05) is 23.5 Å². The van der Waals surface area contributed by atoms with Crippen molar-refractivity contribution in [2.75, 3.05) is 48.6 Å². The van der Waals surface area contributed by atoms with E-state index in [0.717, 1.165) is 61.9 Å². The van der Waals surface area contributed by atoms with E-state index in [1.165, 1.54) is 0 Å². The number of unbranched alkanes of at least 4 members (excludes halogenated alkanes) is 1. The topological polar surface area (TPSA) is 118 Å². The smallest absolute Gasteiger partial charge is 0.303 e. The van der Waals surface area contributed by atoms with E-state index in [4.69, 9.17) is 20.4 Å². The van der Waals surface area contributed by atoms with Crippen LogP contribution in [0.25, 0.3) is 0 Å². The first-order valence-electron chi connectivity index (χ1n) is 9.43. The van der Waals surface area contributed by atoms with Crippen LogP contribution in [-0.2, 0) is 4.79 Å². The molecule has 10 heteroatoms. The summed E-state index contributed by atoms with van der Waals surface area (Å²) in [5.74, 6) is 2.34. The molecule has 0 bridgehead atoms. The van der Waals surface area contributed by atoms with Crippen molar-refractivity contribution in [1.82, 2.24) is 0 Å². The van der Waals surface area contributed by atoms with Crippen molar-refractivity contribution in [3.8, 4) is 0 Å². The van der Waals surface area contributed by atoms with Crippen molar-refractivity contribution < 1.29 is 30.1 Å². The normalized spacial score (nSPS) is 13.8. The number of thioether (sulfide) groups is 2. The fraction of sp³-hybridized carbons (Fsp3) is 0.941. The van der Waals surface area contributed by atoms with Crippen molar-refractivity contribution in [3.63, 3.8) is 0 Å². The molecule has 0 saturated heterocycles. The third-order valence-electron chi connectivity index (χ3n) is 3.99. The fourth-order valence-electron chi connectivity index (χ4n) is 2.42. The molecule has 0 aromatic heterocycles. The molecule has 0 rings (SSSR count). The van der Waals surface area contributed by atoms with Gasteiger partial charge in [0.1, 0.15) is 0 Å². The standard InChI is InChI=1S/C17H36O6P2S2/c18-13-24(14-19)8-3-10-26-12-7-16(5-1-2-6-17(21)22)27-11-4-9-25(23)15-20/h16,18-20,23H,1-15H2,(H,21,22)/t16?,25-/m0/s1. The van der Waals surface area contributed by atoms with Crippen molar-refractivity contribution in [3.05, 3.63) is 0 Å². The van der Waals surface area contributed by atoms with Gasteiger partial charge in [-0.3, -0.25) is 4.79 Å². The van der Waals surface area contributed by atoms with E-state index >= 15 is 0 Å². The summed E-state index contributed by atoms with van der Waals surface area (Å²) in [5, 5.41) is 36.3. The maximum absolute atomic E-state index is 10.6. The van der Waals surface area contributed by atoms with Crippen molar-refractivity contribution >= 4 is 45.6 Å². The number of carboxylic acids is 1. The molecular formula is C17H36O6P2S2. The fourth-order valence-corrected chi connectivity index (χ4v) is 6.91. The van der Waals surface area contributed by atoms with Crippen LogP contribution in [0.4, 0.5) is 0 Å². The molecule has 6 nitrogen and oxygen atoms in total. The lowest BCUT2D eigenvalue weighted by molar-refractivity contribution is -0.137. The lowest BCUT2D eigenvalue weighted by Crippen LogP contribution is -2.07. The van der Waals surface area contributed by atoms with Crippen LogP contribution < -0.4 is 0 Å². The molecule has 162 valence electrons. The summed E-state index contributed by atoms with van der Waals surface area (Å²) >= 11 is 3.81. The van der Waals surface area contributed by atoms with Gasteiger partial charge < -0.3 is 25.3 Å². The predicted molar refractivity (Wildman–Crippen MR) is 121 cm³/mol. The summed E-state index contributed by atoms with van der Waals surface area (Å²) in [5.41, 5.74) is 0. The second-order valence-electron chi connectivity index (χ2n) is 6.29. The third-order valence-corrected chi connectivity index (χ3v) is 9.47. The highest BCUT2D eigenvalue weighted by Gasteiger charge is 2.11. The lowest BCUT2D eigenvalue weighted by Gasteiger charge is -2.17. The Balaban J connectivity index is 3.96. The van der Waals surface area contributed by atoms with Crippen molar-refractivity contribution in [2.24, 2.45) is 0 Å². The molecule has 0 aromatic rings. The summed E-state index contributed by atoms with van der Waals surface area (Å²) < 4.78 is 0. The molecule has 0 radical (unpaired) electrons. The molecule has 0 heterocycles. The third kappa shape index (κ3) is 18.6. The molecule has 0 aromatic carbocycles. The zero-order valence-corrected chi connectivity index (χ0v) is 19.5. The molecule has 0 aliphatic carbocycles. The quantitative estimate of drug-likeness (QED) is 0.138. The van der Waals surface area contributed by atoms with Crippen LogP contribution in [0.15, 0.2) is 0 Å². The minimum absolute atomic E-state index is 0.109. The van der Waals surface area contributed by atoms with Crippen LogP contribution >= 0.6 is 39.6 Å². The minimum atomic E-state index is -1.22. The minimum Gasteiger partial charge on any atom is -0.481 e. The van der Waals surface area contributed by atoms with Crippen LogP contribution in [-0.4, -0.2) is 85.2 Å². The van der Waals surface area contributed by atoms with E-state index in [1.54, 1.807) is 0 Å². The maximum atomic E-state index is 10.6. The van der Waals surface area contributed by atoms with Gasteiger partial charge in [-0.25, -0.2) is 0 Å². The number of carbonyl (C=O) groups is 1. The Morgan fingerprint density at radius 1 is 0.852 bits per heavy atom. The zero-order chi connectivity index (χ0) is 20.3. The number of hydrogen-bond donors (Lipinski definition) is 5. The van der Waals surface area contributed by atoms with Gasteiger partial charge in [0.15, 0.2) is 0 Å². The Morgan fingerprint density at radius 2 is 1.56 bits per heavy atom. The molecule has 0 aliphatic heterocycles. The summed E-state index contributed by atoms with van der Waals surface area (Å²) in [6.45, 7) is 0. The van der Waals surface area contributed by atoms with Crippen LogP contribution in [0.3, 0.4) is 0 Å². The maximum Gasteiger partial charge on any atom is 0.303 e. The summed E-state index contributed by atoms with van der Waals surface area (Å²) in [6.07, 6.45) is 7.60. The Bertz CT molecular complexity index is 351. The van der Waals surface area contributed by atoms with E-state index in [0.29, 0.717) is 11.4 Å². The second kappa shape index (κ2) is 20.2. The number of rotatable bonds is 20. The first-order valence-corrected chi connectivity index (χ1v) is 15.2. The molecule has 0 fully saturated rings. The van der Waals surface area contributed by atoms with Crippen LogP contribution in [0.1, 0.15) is 44.9 Å². The SMILES string of the molecule is O=C(O)CCCCC(CCSCCCP(CO)CO)SCCC[P@](O)CO. The first-order chi connectivity index (χ1) is 13.0. The van der Waals surface area contributed by atoms with Gasteiger partial charge in [0.2, 0.25) is 0 Å². The number of aliphatic hydroxyl groups excluding tert-OH is 3. The predicted octanol–water partition coefficient (Wildman–Crippen LogP) is 3.36. The van der Waals surface area contributed by atoms with Crippen molar-refractivity contribution in [2.45, 2.75) is 50.2 Å². The highest BCUT2D eigenvalue weighted by molar-refractivity contribution is 8.00. The summed E-state index contributed by atoms with van der Waals surface area (Å²) in [4.78, 5) is 20.1. The highest BCUT2D eigenvalue weighted by atomic mass is 32.2. The molecule has 2 atom stereocenters. The molecule has 0 amide bonds. The van der Waals surface area contributed by atoms with Gasteiger partial charge in [-0.15, -0.1) is 0 Å². The molecule has 0 spiro atoms. The molecule has 0 aliphatic rings. The Morgan fingerprint density at radius 3 is 2.19 bits per heavy atom. The van der Waals surface area contributed by atoms with E-state index in [2.05, 4.69) is 0 Å². The van der Waals surface area contributed by atoms with Crippen molar-refractivity contribution in [1.29, 1.82) is 0 Å². The summed E-state index contributed by atoms with van der Waals surface area (Å²) in [7, 11) is -1.83. The van der Waals surface area contributed by atoms with Crippen LogP contribution in [0.2, 0.25) is 0 Å². The van der Waals surface area contributed by atoms with Gasteiger partial charge in [0, 0.05) is 11.7 Å². The van der Waals surface area contributed by atoms with E-state index in [9.17, 15) is 9.69 Å². The molecule has 27 heavy (non-hydrogen) atoms. The van der Waals surface area contributed by atoms with Crippen LogP contribution in [0.5, 0.6) is 0 Å². The number of carboxylic acid groups (broad SMARTS) is 1. The highest BCUT2D eigenvalue weighted by Crippen LogP contribution is 2.33. The molecule has 5 N–H and O–H groups in total. The zero-order valence-electron chi connectivity index (χ0n) is 16.0. The Labute approximate surface area is 174 Å². The Kier molecular flexibility index (Phi) is 20.8. The molecular weight excluding hydrogens is 426 g/mol. The number of hydrogen-bond acceptors (Lipinski definition) is 7. The van der Waals surface area contributed by atoms with Gasteiger partial charge in [0.25, 0.3) is 0 Å². The number of aliphatic hydroxyl groups is 3. The average Bonchev–Trinajstić information content (AvgIpc) is 2.66. The monoisotopic (exact) mass is 462 g/mol. The summed E-state index contributed by atoms with van der Waals surface area (Å²) in [6, 6.07) is 0. The average molecular weight is 463 g/mol.